The largest absolute Gasteiger partial charge is 0.462 e. The average Bonchev–Trinajstić information content (AvgIpc) is 3.47. The molecular weight excluding hydrogens is 1010 g/mol. The van der Waals surface area contributed by atoms with Gasteiger partial charge in [-0.3, -0.25) is 14.4 Å². The lowest BCUT2D eigenvalue weighted by Gasteiger charge is -2.18. The Morgan fingerprint density at radius 2 is 0.439 bits per heavy atom. The second-order valence-corrected chi connectivity index (χ2v) is 25.2. The van der Waals surface area contributed by atoms with E-state index >= 15 is 0 Å². The molecule has 482 valence electrons. The van der Waals surface area contributed by atoms with Crippen LogP contribution in [0.5, 0.6) is 0 Å². The summed E-state index contributed by atoms with van der Waals surface area (Å²) in [5.74, 6) is -0.841. The van der Waals surface area contributed by atoms with E-state index in [1.165, 1.54) is 295 Å². The zero-order chi connectivity index (χ0) is 59.2. The highest BCUT2D eigenvalue weighted by Gasteiger charge is 2.20. The number of ether oxygens (including phenoxy) is 3. The first-order chi connectivity index (χ1) is 40.5. The summed E-state index contributed by atoms with van der Waals surface area (Å²) in [5.41, 5.74) is 0. The van der Waals surface area contributed by atoms with Crippen LogP contribution in [0, 0.1) is 0 Å². The lowest BCUT2D eigenvalue weighted by molar-refractivity contribution is -0.167. The van der Waals surface area contributed by atoms with Gasteiger partial charge in [-0.25, -0.2) is 0 Å². The predicted octanol–water partition coefficient (Wildman–Crippen LogP) is 25.5. The number of unbranched alkanes of at least 4 members (excludes halogenated alkanes) is 52. The maximum atomic E-state index is 13.0. The first-order valence-corrected chi connectivity index (χ1v) is 37.0. The average molecular weight is 1150 g/mol. The van der Waals surface area contributed by atoms with Gasteiger partial charge in [-0.15, -0.1) is 0 Å². The van der Waals surface area contributed by atoms with Crippen molar-refractivity contribution in [1.82, 2.24) is 0 Å². The molecule has 0 bridgehead atoms. The Labute approximate surface area is 512 Å². The second kappa shape index (κ2) is 71.1. The Morgan fingerprint density at radius 1 is 0.244 bits per heavy atom. The van der Waals surface area contributed by atoms with Gasteiger partial charge >= 0.3 is 17.9 Å². The second-order valence-electron chi connectivity index (χ2n) is 25.2. The molecule has 1 unspecified atom stereocenters. The molecule has 0 aliphatic carbocycles. The summed E-state index contributed by atoms with van der Waals surface area (Å²) >= 11 is 0. The van der Waals surface area contributed by atoms with E-state index in [9.17, 15) is 14.4 Å². The van der Waals surface area contributed by atoms with Crippen molar-refractivity contribution in [3.63, 3.8) is 0 Å². The first-order valence-electron chi connectivity index (χ1n) is 37.0. The predicted molar refractivity (Wildman–Crippen MR) is 358 cm³/mol. The quantitative estimate of drug-likeness (QED) is 0.0261. The molecule has 0 aliphatic heterocycles. The van der Waals surface area contributed by atoms with E-state index in [-0.39, 0.29) is 31.1 Å². The molecule has 1 atom stereocenters. The summed E-state index contributed by atoms with van der Waals surface area (Å²) in [6, 6.07) is 0. The van der Waals surface area contributed by atoms with E-state index in [2.05, 4.69) is 57.2 Å². The molecule has 0 spiro atoms. The van der Waals surface area contributed by atoms with Crippen molar-refractivity contribution in [2.24, 2.45) is 0 Å². The van der Waals surface area contributed by atoms with E-state index in [0.717, 1.165) is 77.0 Å². The van der Waals surface area contributed by atoms with Crippen LogP contribution in [-0.4, -0.2) is 37.2 Å². The molecule has 0 saturated heterocycles. The molecule has 0 saturated carbocycles. The van der Waals surface area contributed by atoms with Gasteiger partial charge in [0.25, 0.3) is 0 Å². The van der Waals surface area contributed by atoms with Crippen LogP contribution in [0.2, 0.25) is 0 Å². The third-order valence-corrected chi connectivity index (χ3v) is 16.9. The number of esters is 3. The van der Waals surface area contributed by atoms with Crippen LogP contribution in [0.25, 0.3) is 0 Å². The Morgan fingerprint density at radius 3 is 0.683 bits per heavy atom. The highest BCUT2D eigenvalue weighted by molar-refractivity contribution is 5.71. The topological polar surface area (TPSA) is 78.9 Å². The minimum Gasteiger partial charge on any atom is -0.462 e. The van der Waals surface area contributed by atoms with Gasteiger partial charge in [0.05, 0.1) is 0 Å². The van der Waals surface area contributed by atoms with Gasteiger partial charge in [0.1, 0.15) is 13.2 Å². The Balaban J connectivity index is 4.31. The van der Waals surface area contributed by atoms with Crippen molar-refractivity contribution in [3.05, 3.63) is 36.5 Å². The van der Waals surface area contributed by atoms with Crippen LogP contribution in [-0.2, 0) is 28.6 Å². The molecule has 0 aromatic heterocycles. The van der Waals surface area contributed by atoms with Gasteiger partial charge in [0, 0.05) is 19.3 Å². The first kappa shape index (κ1) is 79.6. The van der Waals surface area contributed by atoms with E-state index < -0.39 is 6.10 Å². The van der Waals surface area contributed by atoms with Crippen molar-refractivity contribution >= 4 is 17.9 Å². The molecule has 0 aromatic carbocycles. The highest BCUT2D eigenvalue weighted by atomic mass is 16.6. The van der Waals surface area contributed by atoms with Crippen LogP contribution in [0.1, 0.15) is 412 Å². The van der Waals surface area contributed by atoms with E-state index in [4.69, 9.17) is 14.2 Å². The molecule has 6 heteroatoms. The molecule has 0 fully saturated rings. The molecule has 0 radical (unpaired) electrons. The standard InChI is InChI=1S/C76H142O6/c1-4-7-10-13-16-19-22-25-28-31-34-36-38-40-42-45-48-51-54-57-60-63-66-69-75(78)81-72-73(71-80-74(77)68-65-62-59-56-53-50-47-44-33-30-27-24-21-18-15-12-9-6-3)82-76(79)70-67-64-61-58-55-52-49-46-43-41-39-37-35-32-29-26-23-20-17-14-11-8-5-2/h22,25,31,34,38,40,73H,4-21,23-24,26-30,32-33,35-37,39,41-72H2,1-3H3/b25-22-,34-31-,40-38-. The van der Waals surface area contributed by atoms with Crippen molar-refractivity contribution in [1.29, 1.82) is 0 Å². The normalized spacial score (nSPS) is 12.2. The summed E-state index contributed by atoms with van der Waals surface area (Å²) in [4.78, 5) is 38.5. The lowest BCUT2D eigenvalue weighted by atomic mass is 10.0. The summed E-state index contributed by atoms with van der Waals surface area (Å²) in [6.07, 6.45) is 88.9. The third-order valence-electron chi connectivity index (χ3n) is 16.9. The van der Waals surface area contributed by atoms with Crippen LogP contribution < -0.4 is 0 Å². The summed E-state index contributed by atoms with van der Waals surface area (Å²) < 4.78 is 17.0. The molecule has 0 amide bonds. The fourth-order valence-corrected chi connectivity index (χ4v) is 11.3. The van der Waals surface area contributed by atoms with Gasteiger partial charge in [-0.05, 0) is 57.8 Å². The summed E-state index contributed by atoms with van der Waals surface area (Å²) in [5, 5.41) is 0. The SMILES string of the molecule is CCCCCCC/C=C\C/C=C\C/C=C\CCCCCCCCCCC(=O)OCC(COC(=O)CCCCCCCCCCCCCCCCCCCC)OC(=O)CCCCCCCCCCCCCCCCCCCCCCCCC. The Hall–Kier alpha value is -2.37. The monoisotopic (exact) mass is 1150 g/mol. The van der Waals surface area contributed by atoms with E-state index in [0.29, 0.717) is 19.3 Å². The summed E-state index contributed by atoms with van der Waals surface area (Å²) in [7, 11) is 0. The van der Waals surface area contributed by atoms with E-state index in [1.54, 1.807) is 0 Å². The van der Waals surface area contributed by atoms with Gasteiger partial charge in [0.15, 0.2) is 6.10 Å². The number of rotatable bonds is 69. The van der Waals surface area contributed by atoms with Crippen LogP contribution in [0.3, 0.4) is 0 Å². The Kier molecular flexibility index (Phi) is 69.1. The molecule has 0 aromatic rings. The van der Waals surface area contributed by atoms with Gasteiger partial charge in [-0.2, -0.15) is 0 Å². The molecule has 0 rings (SSSR count). The maximum Gasteiger partial charge on any atom is 0.306 e. The van der Waals surface area contributed by atoms with Crippen LogP contribution in [0.15, 0.2) is 36.5 Å². The number of allylic oxidation sites excluding steroid dienone is 6. The van der Waals surface area contributed by atoms with Crippen LogP contribution in [0.4, 0.5) is 0 Å². The highest BCUT2D eigenvalue weighted by Crippen LogP contribution is 2.19. The lowest BCUT2D eigenvalue weighted by Crippen LogP contribution is -2.30. The van der Waals surface area contributed by atoms with Crippen LogP contribution >= 0.6 is 0 Å². The van der Waals surface area contributed by atoms with Gasteiger partial charge < -0.3 is 14.2 Å². The molecule has 6 nitrogen and oxygen atoms in total. The zero-order valence-corrected chi connectivity index (χ0v) is 55.5. The molecule has 0 N–H and O–H groups in total. The fourth-order valence-electron chi connectivity index (χ4n) is 11.3. The number of carbonyl (C=O) groups excluding carboxylic acids is 3. The molecule has 82 heavy (non-hydrogen) atoms. The minimum atomic E-state index is -0.774. The zero-order valence-electron chi connectivity index (χ0n) is 55.5. The molecular formula is C76H142O6. The van der Waals surface area contributed by atoms with Crippen molar-refractivity contribution < 1.29 is 28.6 Å². The van der Waals surface area contributed by atoms with Crippen molar-refractivity contribution in [2.45, 2.75) is 419 Å². The third kappa shape index (κ3) is 68.4. The number of hydrogen-bond acceptors (Lipinski definition) is 6. The fraction of sp³-hybridized carbons (Fsp3) is 0.882. The maximum absolute atomic E-state index is 13.0. The number of hydrogen-bond donors (Lipinski definition) is 0. The van der Waals surface area contributed by atoms with Gasteiger partial charge in [0.2, 0.25) is 0 Å². The van der Waals surface area contributed by atoms with Crippen molar-refractivity contribution in [3.8, 4) is 0 Å². The van der Waals surface area contributed by atoms with E-state index in [1.807, 2.05) is 0 Å². The summed E-state index contributed by atoms with van der Waals surface area (Å²) in [6.45, 7) is 6.71. The Bertz CT molecular complexity index is 1370. The van der Waals surface area contributed by atoms with Gasteiger partial charge in [-0.1, -0.05) is 372 Å². The van der Waals surface area contributed by atoms with Crippen molar-refractivity contribution in [2.75, 3.05) is 13.2 Å². The number of carbonyl (C=O) groups is 3. The smallest absolute Gasteiger partial charge is 0.306 e. The minimum absolute atomic E-state index is 0.0681. The molecule has 0 heterocycles. The molecule has 0 aliphatic rings.